The van der Waals surface area contributed by atoms with Gasteiger partial charge in [-0.15, -0.1) is 15.3 Å². The number of nitrogens with zero attached hydrogens (tertiary/aromatic N) is 10. The Morgan fingerprint density at radius 3 is 3.00 bits per heavy atom. The summed E-state index contributed by atoms with van der Waals surface area (Å²) in [6.45, 7) is 0. The molecule has 0 bridgehead atoms. The molecule has 0 N–H and O–H groups in total. The van der Waals surface area contributed by atoms with E-state index in [0.29, 0.717) is 22.1 Å². The van der Waals surface area contributed by atoms with Gasteiger partial charge in [-0.2, -0.15) is 14.1 Å². The minimum atomic E-state index is 0.544. The second-order valence-electron chi connectivity index (χ2n) is 4.58. The highest BCUT2D eigenvalue weighted by molar-refractivity contribution is 7.19. The topological polar surface area (TPSA) is 112 Å². The lowest BCUT2D eigenvalue weighted by Crippen LogP contribution is -1.94. The number of fused-ring (bicyclic) bond motifs is 2. The number of aromatic nitrogens is 10. The van der Waals surface area contributed by atoms with E-state index < -0.39 is 0 Å². The Hall–Kier alpha value is -3.34. The van der Waals surface area contributed by atoms with E-state index in [2.05, 4.69) is 40.8 Å². The van der Waals surface area contributed by atoms with Crippen LogP contribution in [0.5, 0.6) is 0 Å². The summed E-state index contributed by atoms with van der Waals surface area (Å²) in [7, 11) is 0. The standard InChI is InChI=1S/C12H6N10S/c1-2-7(9-16-19-20-21(9)5-1)11-18-22-10(15-17-12(22)23-11)8-6-13-3-4-14-8/h1-6H. The van der Waals surface area contributed by atoms with E-state index in [0.717, 1.165) is 10.6 Å². The molecule has 0 fully saturated rings. The van der Waals surface area contributed by atoms with Crippen LogP contribution in [0.4, 0.5) is 0 Å². The van der Waals surface area contributed by atoms with Crippen molar-refractivity contribution in [1.29, 1.82) is 0 Å². The summed E-state index contributed by atoms with van der Waals surface area (Å²) in [6.07, 6.45) is 6.61. The van der Waals surface area contributed by atoms with Gasteiger partial charge in [0.05, 0.1) is 11.8 Å². The van der Waals surface area contributed by atoms with Gasteiger partial charge in [0.1, 0.15) is 5.69 Å². The first-order valence-corrected chi connectivity index (χ1v) is 7.37. The molecule has 5 rings (SSSR count). The lowest BCUT2D eigenvalue weighted by atomic mass is 10.3. The van der Waals surface area contributed by atoms with Gasteiger partial charge in [-0.3, -0.25) is 4.98 Å². The molecule has 0 aromatic carbocycles. The molecule has 0 unspecified atom stereocenters. The van der Waals surface area contributed by atoms with Crippen LogP contribution in [0.3, 0.4) is 0 Å². The monoisotopic (exact) mass is 322 g/mol. The summed E-state index contributed by atoms with van der Waals surface area (Å²) >= 11 is 1.41. The largest absolute Gasteiger partial charge is 0.261 e. The van der Waals surface area contributed by atoms with E-state index in [4.69, 9.17) is 0 Å². The van der Waals surface area contributed by atoms with E-state index >= 15 is 0 Å². The van der Waals surface area contributed by atoms with Crippen LogP contribution in [0.1, 0.15) is 0 Å². The van der Waals surface area contributed by atoms with Gasteiger partial charge in [-0.25, -0.2) is 4.98 Å². The van der Waals surface area contributed by atoms with Crippen LogP contribution in [0.15, 0.2) is 36.9 Å². The third-order valence-electron chi connectivity index (χ3n) is 3.24. The van der Waals surface area contributed by atoms with Crippen molar-refractivity contribution in [3.05, 3.63) is 36.9 Å². The molecule has 110 valence electrons. The molecule has 5 aromatic heterocycles. The van der Waals surface area contributed by atoms with Gasteiger partial charge in [0.25, 0.3) is 0 Å². The van der Waals surface area contributed by atoms with Gasteiger partial charge in [0.2, 0.25) is 10.8 Å². The number of hydrogen-bond acceptors (Lipinski definition) is 9. The second kappa shape index (κ2) is 4.58. The third kappa shape index (κ3) is 1.80. The van der Waals surface area contributed by atoms with Gasteiger partial charge in [0, 0.05) is 18.6 Å². The quantitative estimate of drug-likeness (QED) is 0.468. The molecule has 10 nitrogen and oxygen atoms in total. The molecular formula is C12H6N10S. The van der Waals surface area contributed by atoms with Crippen LogP contribution in [0.25, 0.3) is 32.7 Å². The predicted octanol–water partition coefficient (Wildman–Crippen LogP) is 0.747. The maximum atomic E-state index is 4.58. The molecule has 11 heteroatoms. The molecular weight excluding hydrogens is 316 g/mol. The van der Waals surface area contributed by atoms with Crippen molar-refractivity contribution in [1.82, 2.24) is 49.8 Å². The van der Waals surface area contributed by atoms with Crippen LogP contribution >= 0.6 is 11.3 Å². The van der Waals surface area contributed by atoms with Crippen LogP contribution < -0.4 is 0 Å². The molecule has 0 saturated heterocycles. The number of pyridine rings is 1. The molecule has 0 aliphatic carbocycles. The predicted molar refractivity (Wildman–Crippen MR) is 79.5 cm³/mol. The average molecular weight is 322 g/mol. The fraction of sp³-hybridized carbons (Fsp3) is 0. The highest BCUT2D eigenvalue weighted by Crippen LogP contribution is 2.29. The van der Waals surface area contributed by atoms with Gasteiger partial charge in [0.15, 0.2) is 10.7 Å². The summed E-state index contributed by atoms with van der Waals surface area (Å²) in [6, 6.07) is 3.78. The summed E-state index contributed by atoms with van der Waals surface area (Å²) in [4.78, 5) is 8.95. The summed E-state index contributed by atoms with van der Waals surface area (Å²) in [5.74, 6) is 0.544. The molecule has 23 heavy (non-hydrogen) atoms. The molecule has 5 heterocycles. The summed E-state index contributed by atoms with van der Waals surface area (Å²) in [5, 5.41) is 25.2. The van der Waals surface area contributed by atoms with Crippen molar-refractivity contribution in [3.63, 3.8) is 0 Å². The van der Waals surface area contributed by atoms with Crippen molar-refractivity contribution in [2.75, 3.05) is 0 Å². The maximum Gasteiger partial charge on any atom is 0.235 e. The summed E-state index contributed by atoms with van der Waals surface area (Å²) in [5.41, 5.74) is 2.08. The maximum absolute atomic E-state index is 4.58. The van der Waals surface area contributed by atoms with E-state index in [-0.39, 0.29) is 0 Å². The molecule has 0 aliphatic rings. The zero-order valence-corrected chi connectivity index (χ0v) is 12.2. The van der Waals surface area contributed by atoms with Crippen molar-refractivity contribution >= 4 is 21.9 Å². The van der Waals surface area contributed by atoms with Crippen LogP contribution in [0.2, 0.25) is 0 Å². The fourth-order valence-electron chi connectivity index (χ4n) is 2.23. The fourth-order valence-corrected chi connectivity index (χ4v) is 3.09. The molecule has 0 amide bonds. The zero-order chi connectivity index (χ0) is 15.2. The van der Waals surface area contributed by atoms with E-state index in [9.17, 15) is 0 Å². The van der Waals surface area contributed by atoms with Gasteiger partial charge < -0.3 is 0 Å². The zero-order valence-electron chi connectivity index (χ0n) is 11.3. The SMILES string of the molecule is c1cc(-c2nn3c(-c4cnccn4)nnc3s2)c2nnnn2c1. The van der Waals surface area contributed by atoms with Crippen LogP contribution in [0, 0.1) is 0 Å². The first-order chi connectivity index (χ1) is 11.4. The Morgan fingerprint density at radius 2 is 2.09 bits per heavy atom. The average Bonchev–Trinajstić information content (AvgIpc) is 3.30. The molecule has 5 aromatic rings. The highest BCUT2D eigenvalue weighted by Gasteiger charge is 2.17. The first-order valence-electron chi connectivity index (χ1n) is 6.56. The van der Waals surface area contributed by atoms with Crippen molar-refractivity contribution in [3.8, 4) is 22.1 Å². The van der Waals surface area contributed by atoms with E-state index in [1.165, 1.54) is 11.3 Å². The molecule has 0 spiro atoms. The minimum Gasteiger partial charge on any atom is -0.261 e. The van der Waals surface area contributed by atoms with Gasteiger partial charge in [-0.05, 0) is 22.6 Å². The van der Waals surface area contributed by atoms with Crippen molar-refractivity contribution in [2.24, 2.45) is 0 Å². The van der Waals surface area contributed by atoms with Gasteiger partial charge in [-0.1, -0.05) is 11.3 Å². The molecule has 0 aliphatic heterocycles. The normalized spacial score (nSPS) is 11.5. The Bertz CT molecular complexity index is 1120. The van der Waals surface area contributed by atoms with Crippen LogP contribution in [-0.2, 0) is 0 Å². The van der Waals surface area contributed by atoms with E-state index in [1.807, 2.05) is 12.1 Å². The first kappa shape index (κ1) is 12.2. The Morgan fingerprint density at radius 1 is 1.09 bits per heavy atom. The second-order valence-corrected chi connectivity index (χ2v) is 5.54. The Balaban J connectivity index is 1.73. The lowest BCUT2D eigenvalue weighted by Gasteiger charge is -1.96. The Labute approximate surface area is 131 Å². The van der Waals surface area contributed by atoms with Gasteiger partial charge >= 0.3 is 0 Å². The minimum absolute atomic E-state index is 0.544. The summed E-state index contributed by atoms with van der Waals surface area (Å²) < 4.78 is 3.25. The molecule has 0 radical (unpaired) electrons. The lowest BCUT2D eigenvalue weighted by molar-refractivity contribution is 0.823. The number of rotatable bonds is 2. The molecule has 0 saturated carbocycles. The smallest absolute Gasteiger partial charge is 0.235 e. The van der Waals surface area contributed by atoms with Crippen molar-refractivity contribution < 1.29 is 0 Å². The molecule has 0 atom stereocenters. The van der Waals surface area contributed by atoms with E-state index in [1.54, 1.807) is 33.8 Å². The number of tetrazole rings is 1. The number of hydrogen-bond donors (Lipinski definition) is 0. The van der Waals surface area contributed by atoms with Crippen LogP contribution in [-0.4, -0.2) is 49.8 Å². The highest BCUT2D eigenvalue weighted by atomic mass is 32.1. The van der Waals surface area contributed by atoms with Crippen molar-refractivity contribution in [2.45, 2.75) is 0 Å². The Kier molecular flexibility index (Phi) is 2.43. The third-order valence-corrected chi connectivity index (χ3v) is 4.17.